The fourth-order valence-corrected chi connectivity index (χ4v) is 2.38. The van der Waals surface area contributed by atoms with E-state index in [1.165, 1.54) is 12.1 Å². The van der Waals surface area contributed by atoms with Crippen LogP contribution in [0.15, 0.2) is 12.1 Å². The predicted molar refractivity (Wildman–Crippen MR) is 73.3 cm³/mol. The summed E-state index contributed by atoms with van der Waals surface area (Å²) in [6.07, 6.45) is 1.78. The number of rotatable bonds is 3. The summed E-state index contributed by atoms with van der Waals surface area (Å²) in [5, 5.41) is 0.0712. The van der Waals surface area contributed by atoms with Crippen LogP contribution in [-0.4, -0.2) is 9.55 Å². The number of anilines is 1. The van der Waals surface area contributed by atoms with E-state index < -0.39 is 5.82 Å². The summed E-state index contributed by atoms with van der Waals surface area (Å²) in [4.78, 5) is 4.27. The highest BCUT2D eigenvalue weighted by atomic mass is 35.5. The summed E-state index contributed by atoms with van der Waals surface area (Å²) in [6, 6.07) is 2.93. The number of halogens is 2. The van der Waals surface area contributed by atoms with E-state index in [9.17, 15) is 4.39 Å². The molecule has 2 aromatic rings. The highest BCUT2D eigenvalue weighted by Gasteiger charge is 2.27. The molecule has 0 bridgehead atoms. The van der Waals surface area contributed by atoms with E-state index in [0.717, 1.165) is 12.8 Å². The molecule has 3 nitrogen and oxygen atoms in total. The standard InChI is InChI=1S/C13H17ClFN3/c1-4-13(3,5-2)18-11-7-9(15)8(14)6-10(11)17-12(18)16/h6-7H,4-5H2,1-3H3,(H2,16,17). The number of benzene rings is 1. The zero-order valence-corrected chi connectivity index (χ0v) is 11.6. The lowest BCUT2D eigenvalue weighted by atomic mass is 9.95. The fraction of sp³-hybridized carbons (Fsp3) is 0.462. The SMILES string of the molecule is CCC(C)(CC)n1c(N)nc2cc(Cl)c(F)cc21. The van der Waals surface area contributed by atoms with Crippen molar-refractivity contribution in [3.05, 3.63) is 23.0 Å². The van der Waals surface area contributed by atoms with E-state index in [1.54, 1.807) is 0 Å². The minimum absolute atomic E-state index is 0.0712. The predicted octanol–water partition coefficient (Wildman–Crippen LogP) is 3.95. The molecule has 1 aromatic carbocycles. The Morgan fingerprint density at radius 1 is 1.39 bits per heavy atom. The lowest BCUT2D eigenvalue weighted by Gasteiger charge is -2.30. The third-order valence-electron chi connectivity index (χ3n) is 3.79. The van der Waals surface area contributed by atoms with E-state index in [4.69, 9.17) is 17.3 Å². The number of imidazole rings is 1. The van der Waals surface area contributed by atoms with Crippen molar-refractivity contribution < 1.29 is 4.39 Å². The molecule has 0 amide bonds. The van der Waals surface area contributed by atoms with E-state index >= 15 is 0 Å². The molecule has 18 heavy (non-hydrogen) atoms. The Morgan fingerprint density at radius 3 is 2.56 bits per heavy atom. The van der Waals surface area contributed by atoms with Crippen molar-refractivity contribution in [2.75, 3.05) is 5.73 Å². The van der Waals surface area contributed by atoms with Crippen molar-refractivity contribution in [2.45, 2.75) is 39.2 Å². The van der Waals surface area contributed by atoms with Gasteiger partial charge in [0.25, 0.3) is 0 Å². The van der Waals surface area contributed by atoms with Crippen LogP contribution in [0.25, 0.3) is 11.0 Å². The Hall–Kier alpha value is -1.29. The number of hydrogen-bond acceptors (Lipinski definition) is 2. The maximum atomic E-state index is 13.6. The van der Waals surface area contributed by atoms with E-state index in [0.29, 0.717) is 17.0 Å². The first-order valence-electron chi connectivity index (χ1n) is 6.06. The Balaban J connectivity index is 2.78. The van der Waals surface area contributed by atoms with Gasteiger partial charge in [-0.05, 0) is 25.8 Å². The quantitative estimate of drug-likeness (QED) is 0.917. The Bertz CT molecular complexity index is 587. The molecular weight excluding hydrogens is 253 g/mol. The van der Waals surface area contributed by atoms with Crippen molar-refractivity contribution in [3.63, 3.8) is 0 Å². The van der Waals surface area contributed by atoms with Gasteiger partial charge in [-0.15, -0.1) is 0 Å². The second kappa shape index (κ2) is 4.43. The number of aromatic nitrogens is 2. The van der Waals surface area contributed by atoms with Crippen LogP contribution >= 0.6 is 11.6 Å². The molecular formula is C13H17ClFN3. The monoisotopic (exact) mass is 269 g/mol. The average Bonchev–Trinajstić information content (AvgIpc) is 2.65. The Kier molecular flexibility index (Phi) is 3.23. The minimum Gasteiger partial charge on any atom is -0.369 e. The van der Waals surface area contributed by atoms with E-state index in [-0.39, 0.29) is 10.6 Å². The third-order valence-corrected chi connectivity index (χ3v) is 4.08. The van der Waals surface area contributed by atoms with Crippen LogP contribution in [0.2, 0.25) is 5.02 Å². The molecule has 98 valence electrons. The summed E-state index contributed by atoms with van der Waals surface area (Å²) in [6.45, 7) is 6.26. The number of nitrogens with two attached hydrogens (primary N) is 1. The van der Waals surface area contributed by atoms with Crippen molar-refractivity contribution in [1.29, 1.82) is 0 Å². The van der Waals surface area contributed by atoms with Gasteiger partial charge in [0.15, 0.2) is 0 Å². The third kappa shape index (κ3) is 1.85. The topological polar surface area (TPSA) is 43.8 Å². The van der Waals surface area contributed by atoms with Gasteiger partial charge in [-0.1, -0.05) is 25.4 Å². The highest BCUT2D eigenvalue weighted by Crippen LogP contribution is 2.33. The number of nitrogens with zero attached hydrogens (tertiary/aromatic N) is 2. The number of nitrogen functional groups attached to an aromatic ring is 1. The average molecular weight is 270 g/mol. The van der Waals surface area contributed by atoms with Gasteiger partial charge in [0.1, 0.15) is 5.82 Å². The largest absolute Gasteiger partial charge is 0.369 e. The fourth-order valence-electron chi connectivity index (χ4n) is 2.22. The summed E-state index contributed by atoms with van der Waals surface area (Å²) in [5.74, 6) is -0.0438. The molecule has 5 heteroatoms. The van der Waals surface area contributed by atoms with Crippen molar-refractivity contribution >= 4 is 28.6 Å². The summed E-state index contributed by atoms with van der Waals surface area (Å²) < 4.78 is 15.5. The maximum Gasteiger partial charge on any atom is 0.201 e. The first kappa shape index (κ1) is 13.1. The number of fused-ring (bicyclic) bond motifs is 1. The van der Waals surface area contributed by atoms with Crippen molar-refractivity contribution in [2.24, 2.45) is 0 Å². The van der Waals surface area contributed by atoms with E-state index in [1.807, 2.05) is 4.57 Å². The maximum absolute atomic E-state index is 13.6. The van der Waals surface area contributed by atoms with Crippen LogP contribution in [0.3, 0.4) is 0 Å². The number of hydrogen-bond donors (Lipinski definition) is 1. The van der Waals surface area contributed by atoms with E-state index in [2.05, 4.69) is 25.8 Å². The molecule has 0 fully saturated rings. The second-order valence-electron chi connectivity index (χ2n) is 4.76. The van der Waals surface area contributed by atoms with Crippen molar-refractivity contribution in [1.82, 2.24) is 9.55 Å². The molecule has 0 saturated heterocycles. The first-order valence-corrected chi connectivity index (χ1v) is 6.44. The second-order valence-corrected chi connectivity index (χ2v) is 5.17. The molecule has 2 rings (SSSR count). The van der Waals surface area contributed by atoms with Gasteiger partial charge in [0, 0.05) is 11.6 Å². The summed E-state index contributed by atoms with van der Waals surface area (Å²) in [5.41, 5.74) is 7.14. The van der Waals surface area contributed by atoms with Crippen LogP contribution < -0.4 is 5.73 Å². The zero-order chi connectivity index (χ0) is 13.5. The Morgan fingerprint density at radius 2 is 2.00 bits per heavy atom. The normalized spacial score (nSPS) is 12.3. The molecule has 0 spiro atoms. The van der Waals surface area contributed by atoms with Gasteiger partial charge in [-0.2, -0.15) is 0 Å². The summed E-state index contributed by atoms with van der Waals surface area (Å²) >= 11 is 5.77. The van der Waals surface area contributed by atoms with Crippen LogP contribution in [0.4, 0.5) is 10.3 Å². The van der Waals surface area contributed by atoms with Gasteiger partial charge < -0.3 is 10.3 Å². The Labute approximate surface area is 111 Å². The smallest absolute Gasteiger partial charge is 0.201 e. The molecule has 0 radical (unpaired) electrons. The van der Waals surface area contributed by atoms with Gasteiger partial charge in [0.2, 0.25) is 5.95 Å². The van der Waals surface area contributed by atoms with Gasteiger partial charge in [-0.25, -0.2) is 9.37 Å². The highest BCUT2D eigenvalue weighted by molar-refractivity contribution is 6.31. The van der Waals surface area contributed by atoms with Gasteiger partial charge in [-0.3, -0.25) is 0 Å². The summed E-state index contributed by atoms with van der Waals surface area (Å²) in [7, 11) is 0. The molecule has 0 atom stereocenters. The molecule has 2 N–H and O–H groups in total. The van der Waals surface area contributed by atoms with Crippen LogP contribution in [-0.2, 0) is 5.54 Å². The van der Waals surface area contributed by atoms with Crippen LogP contribution in [0.5, 0.6) is 0 Å². The molecule has 0 aliphatic heterocycles. The minimum atomic E-state index is -0.445. The van der Waals surface area contributed by atoms with Crippen LogP contribution in [0, 0.1) is 5.82 Å². The molecule has 0 unspecified atom stereocenters. The molecule has 1 aromatic heterocycles. The first-order chi connectivity index (χ1) is 8.42. The van der Waals surface area contributed by atoms with Gasteiger partial charge in [0.05, 0.1) is 16.1 Å². The molecule has 1 heterocycles. The lowest BCUT2D eigenvalue weighted by molar-refractivity contribution is 0.307. The van der Waals surface area contributed by atoms with Crippen LogP contribution in [0.1, 0.15) is 33.6 Å². The lowest BCUT2D eigenvalue weighted by Crippen LogP contribution is -2.29. The zero-order valence-electron chi connectivity index (χ0n) is 10.8. The molecule has 0 aliphatic carbocycles. The molecule has 0 saturated carbocycles. The molecule has 0 aliphatic rings. The van der Waals surface area contributed by atoms with Gasteiger partial charge >= 0.3 is 0 Å². The van der Waals surface area contributed by atoms with Crippen molar-refractivity contribution in [3.8, 4) is 0 Å².